The quantitative estimate of drug-likeness (QED) is 0.424. The molecule has 0 aliphatic rings. The van der Waals surface area contributed by atoms with Crippen molar-refractivity contribution in [1.82, 2.24) is 0 Å². The first-order valence-corrected chi connectivity index (χ1v) is 3.54. The lowest BCUT2D eigenvalue weighted by atomic mass is 10.2. The molecule has 5 heteroatoms. The van der Waals surface area contributed by atoms with E-state index in [0.717, 1.165) is 0 Å². The van der Waals surface area contributed by atoms with Gasteiger partial charge in [-0.2, -0.15) is 0 Å². The number of rotatable bonds is 2. The van der Waals surface area contributed by atoms with Crippen molar-refractivity contribution in [3.05, 3.63) is 33.9 Å². The van der Waals surface area contributed by atoms with Crippen molar-refractivity contribution in [2.24, 2.45) is 4.99 Å². The second kappa shape index (κ2) is 3.66. The van der Waals surface area contributed by atoms with E-state index < -0.39 is 4.92 Å². The maximum atomic E-state index is 10.5. The molecule has 0 heterocycles. The van der Waals surface area contributed by atoms with Crippen molar-refractivity contribution in [3.8, 4) is 5.75 Å². The van der Waals surface area contributed by atoms with Gasteiger partial charge in [-0.15, -0.1) is 0 Å². The number of aromatic hydroxyl groups is 1. The van der Waals surface area contributed by atoms with Gasteiger partial charge in [-0.05, 0) is 12.1 Å². The molecule has 1 rings (SSSR count). The predicted octanol–water partition coefficient (Wildman–Crippen LogP) is 1.35. The summed E-state index contributed by atoms with van der Waals surface area (Å²) in [6, 6.07) is 3.81. The highest BCUT2D eigenvalue weighted by atomic mass is 16.6. The van der Waals surface area contributed by atoms with Crippen molar-refractivity contribution in [2.75, 3.05) is 7.05 Å². The maximum Gasteiger partial charge on any atom is 0.278 e. The van der Waals surface area contributed by atoms with Crippen LogP contribution in [0.3, 0.4) is 0 Å². The minimum atomic E-state index is -0.517. The number of hydrogen-bond acceptors (Lipinski definition) is 4. The zero-order valence-electron chi connectivity index (χ0n) is 6.97. The highest BCUT2D eigenvalue weighted by molar-refractivity contribution is 5.85. The summed E-state index contributed by atoms with van der Waals surface area (Å²) in [7, 11) is 1.51. The monoisotopic (exact) mass is 180 g/mol. The summed E-state index contributed by atoms with van der Waals surface area (Å²) in [5, 5.41) is 19.5. The third-order valence-electron chi connectivity index (χ3n) is 1.48. The standard InChI is InChI=1S/C8H8N2O3/c1-9-5-6-4-7(11)2-3-8(6)10(12)13/h2-5,11H,1H3. The van der Waals surface area contributed by atoms with Crippen LogP contribution in [-0.4, -0.2) is 23.3 Å². The van der Waals surface area contributed by atoms with Crippen molar-refractivity contribution >= 4 is 11.9 Å². The molecule has 0 fully saturated rings. The number of benzene rings is 1. The first-order valence-electron chi connectivity index (χ1n) is 3.54. The topological polar surface area (TPSA) is 75.7 Å². The van der Waals surface area contributed by atoms with Crippen LogP contribution in [0, 0.1) is 10.1 Å². The van der Waals surface area contributed by atoms with Gasteiger partial charge in [0.1, 0.15) is 5.75 Å². The highest BCUT2D eigenvalue weighted by Crippen LogP contribution is 2.21. The lowest BCUT2D eigenvalue weighted by molar-refractivity contribution is -0.385. The average molecular weight is 180 g/mol. The molecule has 0 radical (unpaired) electrons. The minimum Gasteiger partial charge on any atom is -0.508 e. The SMILES string of the molecule is CN=Cc1cc(O)ccc1[N+](=O)[O-]. The fourth-order valence-electron chi connectivity index (χ4n) is 0.951. The Labute approximate surface area is 74.5 Å². The molecule has 13 heavy (non-hydrogen) atoms. The van der Waals surface area contributed by atoms with Crippen molar-refractivity contribution in [2.45, 2.75) is 0 Å². The van der Waals surface area contributed by atoms with E-state index in [1.54, 1.807) is 0 Å². The third-order valence-corrected chi connectivity index (χ3v) is 1.48. The predicted molar refractivity (Wildman–Crippen MR) is 48.3 cm³/mol. The number of phenolic OH excluding ortho intramolecular Hbond substituents is 1. The first kappa shape index (κ1) is 9.18. The van der Waals surface area contributed by atoms with Crippen LogP contribution in [0.1, 0.15) is 5.56 Å². The molecule has 68 valence electrons. The van der Waals surface area contributed by atoms with Crippen LogP contribution < -0.4 is 0 Å². The molecule has 0 saturated carbocycles. The number of aliphatic imine (C=N–C) groups is 1. The molecular weight excluding hydrogens is 172 g/mol. The van der Waals surface area contributed by atoms with Crippen LogP contribution in [0.15, 0.2) is 23.2 Å². The third kappa shape index (κ3) is 2.02. The van der Waals surface area contributed by atoms with Crippen LogP contribution in [0.5, 0.6) is 5.75 Å². The van der Waals surface area contributed by atoms with Gasteiger partial charge < -0.3 is 5.11 Å². The molecule has 1 aromatic carbocycles. The average Bonchev–Trinajstić information content (AvgIpc) is 2.04. The van der Waals surface area contributed by atoms with Crippen LogP contribution in [-0.2, 0) is 0 Å². The summed E-state index contributed by atoms with van der Waals surface area (Å²) in [6.45, 7) is 0. The molecule has 1 N–H and O–H groups in total. The van der Waals surface area contributed by atoms with Crippen LogP contribution >= 0.6 is 0 Å². The smallest absolute Gasteiger partial charge is 0.278 e. The van der Waals surface area contributed by atoms with Crippen molar-refractivity contribution in [1.29, 1.82) is 0 Å². The zero-order chi connectivity index (χ0) is 9.84. The molecule has 0 unspecified atom stereocenters. The molecule has 0 amide bonds. The number of phenols is 1. The number of nitrogens with zero attached hydrogens (tertiary/aromatic N) is 2. The maximum absolute atomic E-state index is 10.5. The Hall–Kier alpha value is -1.91. The Morgan fingerprint density at radius 1 is 1.62 bits per heavy atom. The van der Waals surface area contributed by atoms with Crippen LogP contribution in [0.4, 0.5) is 5.69 Å². The van der Waals surface area contributed by atoms with E-state index >= 15 is 0 Å². The highest BCUT2D eigenvalue weighted by Gasteiger charge is 2.11. The molecule has 0 bridgehead atoms. The van der Waals surface area contributed by atoms with E-state index in [0.29, 0.717) is 5.56 Å². The molecule has 5 nitrogen and oxygen atoms in total. The Morgan fingerprint density at radius 2 is 2.31 bits per heavy atom. The normalized spacial score (nSPS) is 10.5. The summed E-state index contributed by atoms with van der Waals surface area (Å²) in [4.78, 5) is 13.6. The lowest BCUT2D eigenvalue weighted by Gasteiger charge is -1.96. The van der Waals surface area contributed by atoms with Crippen molar-refractivity contribution < 1.29 is 10.0 Å². The molecule has 1 aromatic rings. The van der Waals surface area contributed by atoms with Crippen LogP contribution in [0.2, 0.25) is 0 Å². The Morgan fingerprint density at radius 3 is 2.85 bits per heavy atom. The summed E-state index contributed by atoms with van der Waals surface area (Å²) in [5.74, 6) is -0.0134. The van der Waals surface area contributed by atoms with E-state index in [9.17, 15) is 10.1 Å². The van der Waals surface area contributed by atoms with E-state index in [2.05, 4.69) is 4.99 Å². The Bertz CT molecular complexity index is 360. The molecular formula is C8H8N2O3. The summed E-state index contributed by atoms with van der Waals surface area (Å²) < 4.78 is 0. The molecule has 0 aromatic heterocycles. The van der Waals surface area contributed by atoms with Gasteiger partial charge in [0.2, 0.25) is 0 Å². The van der Waals surface area contributed by atoms with Gasteiger partial charge in [0, 0.05) is 19.3 Å². The van der Waals surface area contributed by atoms with Gasteiger partial charge >= 0.3 is 0 Å². The van der Waals surface area contributed by atoms with Gasteiger partial charge in [0.15, 0.2) is 0 Å². The van der Waals surface area contributed by atoms with Gasteiger partial charge in [-0.3, -0.25) is 15.1 Å². The minimum absolute atomic E-state index is 0.0134. The van der Waals surface area contributed by atoms with Gasteiger partial charge in [-0.1, -0.05) is 0 Å². The number of hydrogen-bond donors (Lipinski definition) is 1. The fourth-order valence-corrected chi connectivity index (χ4v) is 0.951. The second-order valence-electron chi connectivity index (χ2n) is 2.39. The first-order chi connectivity index (χ1) is 6.15. The van der Waals surface area contributed by atoms with E-state index in [-0.39, 0.29) is 11.4 Å². The summed E-state index contributed by atoms with van der Waals surface area (Å²) in [6.07, 6.45) is 1.33. The van der Waals surface area contributed by atoms with E-state index in [1.807, 2.05) is 0 Å². The lowest BCUT2D eigenvalue weighted by Crippen LogP contribution is -1.93. The van der Waals surface area contributed by atoms with E-state index in [4.69, 9.17) is 5.11 Å². The molecule has 0 saturated heterocycles. The van der Waals surface area contributed by atoms with Crippen molar-refractivity contribution in [3.63, 3.8) is 0 Å². The number of nitro groups is 1. The molecule has 0 aliphatic carbocycles. The summed E-state index contributed by atoms with van der Waals surface area (Å²) >= 11 is 0. The summed E-state index contributed by atoms with van der Waals surface area (Å²) in [5.41, 5.74) is 0.232. The Kier molecular flexibility index (Phi) is 2.59. The van der Waals surface area contributed by atoms with Gasteiger partial charge in [-0.25, -0.2) is 0 Å². The zero-order valence-corrected chi connectivity index (χ0v) is 6.97. The van der Waals surface area contributed by atoms with Crippen LogP contribution in [0.25, 0.3) is 0 Å². The molecule has 0 spiro atoms. The van der Waals surface area contributed by atoms with Gasteiger partial charge in [0.25, 0.3) is 5.69 Å². The fraction of sp³-hybridized carbons (Fsp3) is 0.125. The molecule has 0 atom stereocenters. The Balaban J connectivity index is 3.26. The largest absolute Gasteiger partial charge is 0.508 e. The second-order valence-corrected chi connectivity index (χ2v) is 2.39. The van der Waals surface area contributed by atoms with E-state index in [1.165, 1.54) is 31.5 Å². The molecule has 0 aliphatic heterocycles. The number of nitro benzene ring substituents is 1. The van der Waals surface area contributed by atoms with Gasteiger partial charge in [0.05, 0.1) is 10.5 Å².